The van der Waals surface area contributed by atoms with Crippen molar-refractivity contribution in [2.45, 2.75) is 30.7 Å². The fourth-order valence-corrected chi connectivity index (χ4v) is 4.28. The maximum absolute atomic E-state index is 13.0. The largest absolute Gasteiger partial charge is 0.346 e. The molecule has 3 rings (SSSR count). The first-order chi connectivity index (χ1) is 14.8. The van der Waals surface area contributed by atoms with E-state index in [0.717, 1.165) is 24.0 Å². The van der Waals surface area contributed by atoms with Crippen LogP contribution in [0, 0.1) is 0 Å². The lowest BCUT2D eigenvalue weighted by atomic mass is 9.99. The van der Waals surface area contributed by atoms with Gasteiger partial charge in [0.15, 0.2) is 0 Å². The van der Waals surface area contributed by atoms with E-state index >= 15 is 0 Å². The van der Waals surface area contributed by atoms with Crippen molar-refractivity contribution in [1.29, 1.82) is 0 Å². The topological polar surface area (TPSA) is 66.5 Å². The molecule has 1 unspecified atom stereocenters. The number of hydrogen-bond donors (Lipinski definition) is 1. The third-order valence-corrected chi connectivity index (χ3v) is 7.12. The number of carbonyl (C=O) groups is 1. The molecular weight excluding hydrogens is 408 g/mol. The van der Waals surface area contributed by atoms with Crippen molar-refractivity contribution in [3.8, 4) is 0 Å². The summed E-state index contributed by atoms with van der Waals surface area (Å²) >= 11 is 0. The second-order valence-corrected chi connectivity index (χ2v) is 9.85. The predicted molar refractivity (Wildman–Crippen MR) is 123 cm³/mol. The van der Waals surface area contributed by atoms with Gasteiger partial charge in [-0.3, -0.25) is 4.79 Å². The van der Waals surface area contributed by atoms with Crippen LogP contribution >= 0.6 is 0 Å². The fourth-order valence-electron chi connectivity index (χ4n) is 3.38. The molecular formula is C25H28N2O3S. The van der Waals surface area contributed by atoms with Crippen molar-refractivity contribution in [3.05, 3.63) is 101 Å². The van der Waals surface area contributed by atoms with Gasteiger partial charge in [0.25, 0.3) is 5.91 Å². The first kappa shape index (κ1) is 22.7. The number of carbonyl (C=O) groups excluding carboxylic acids is 1. The van der Waals surface area contributed by atoms with Gasteiger partial charge in [-0.25, -0.2) is 12.7 Å². The Morgan fingerprint density at radius 3 is 2.13 bits per heavy atom. The quantitative estimate of drug-likeness (QED) is 0.575. The molecule has 0 aliphatic carbocycles. The van der Waals surface area contributed by atoms with E-state index in [1.807, 2.05) is 49.4 Å². The van der Waals surface area contributed by atoms with Gasteiger partial charge in [0, 0.05) is 19.7 Å². The van der Waals surface area contributed by atoms with Crippen molar-refractivity contribution in [1.82, 2.24) is 9.62 Å². The zero-order valence-electron chi connectivity index (χ0n) is 18.1. The molecule has 3 aromatic rings. The van der Waals surface area contributed by atoms with Crippen LogP contribution in [0.1, 0.15) is 40.0 Å². The van der Waals surface area contributed by atoms with Crippen LogP contribution in [0.25, 0.3) is 0 Å². The molecule has 0 bridgehead atoms. The van der Waals surface area contributed by atoms with Crippen molar-refractivity contribution >= 4 is 15.9 Å². The molecule has 0 aliphatic rings. The third-order valence-electron chi connectivity index (χ3n) is 5.29. The predicted octanol–water partition coefficient (Wildman–Crippen LogP) is 4.21. The molecule has 0 spiro atoms. The summed E-state index contributed by atoms with van der Waals surface area (Å²) in [7, 11) is -0.472. The van der Waals surface area contributed by atoms with Crippen molar-refractivity contribution in [2.75, 3.05) is 14.1 Å². The number of sulfonamides is 1. The monoisotopic (exact) mass is 436 g/mol. The van der Waals surface area contributed by atoms with E-state index < -0.39 is 10.0 Å². The Kier molecular flexibility index (Phi) is 7.25. The number of nitrogens with zero attached hydrogens (tertiary/aromatic N) is 1. The van der Waals surface area contributed by atoms with Crippen LogP contribution in [-0.4, -0.2) is 32.7 Å². The van der Waals surface area contributed by atoms with Crippen molar-refractivity contribution in [2.24, 2.45) is 0 Å². The summed E-state index contributed by atoms with van der Waals surface area (Å²) in [5, 5.41) is 3.03. The van der Waals surface area contributed by atoms with Gasteiger partial charge in [0.05, 0.1) is 10.9 Å². The SMILES string of the molecule is CC(NC(=O)c1ccccc1CCc1ccccc1)c1ccc(S(=O)(=O)N(C)C)cc1. The van der Waals surface area contributed by atoms with Gasteiger partial charge in [-0.2, -0.15) is 0 Å². The summed E-state index contributed by atoms with van der Waals surface area (Å²) < 4.78 is 25.6. The number of aryl methyl sites for hydroxylation is 2. The highest BCUT2D eigenvalue weighted by atomic mass is 32.2. The van der Waals surface area contributed by atoms with E-state index in [1.165, 1.54) is 24.0 Å². The lowest BCUT2D eigenvalue weighted by Crippen LogP contribution is -2.27. The maximum atomic E-state index is 13.0. The average molecular weight is 437 g/mol. The van der Waals surface area contributed by atoms with Crippen LogP contribution in [-0.2, 0) is 22.9 Å². The molecule has 0 saturated carbocycles. The minimum atomic E-state index is -3.47. The van der Waals surface area contributed by atoms with Gasteiger partial charge in [-0.15, -0.1) is 0 Å². The molecule has 31 heavy (non-hydrogen) atoms. The zero-order chi connectivity index (χ0) is 22.4. The van der Waals surface area contributed by atoms with E-state index in [0.29, 0.717) is 5.56 Å². The number of benzene rings is 3. The van der Waals surface area contributed by atoms with Crippen LogP contribution in [0.15, 0.2) is 83.8 Å². The summed E-state index contributed by atoms with van der Waals surface area (Å²) in [5.41, 5.74) is 3.74. The normalized spacial score (nSPS) is 12.5. The van der Waals surface area contributed by atoms with Gasteiger partial charge < -0.3 is 5.32 Å². The first-order valence-corrected chi connectivity index (χ1v) is 11.7. The number of rotatable bonds is 8. The molecule has 1 atom stereocenters. The molecule has 0 radical (unpaired) electrons. The Labute approximate surface area is 184 Å². The summed E-state index contributed by atoms with van der Waals surface area (Å²) in [5.74, 6) is -0.138. The molecule has 0 fully saturated rings. The maximum Gasteiger partial charge on any atom is 0.252 e. The molecule has 3 aromatic carbocycles. The smallest absolute Gasteiger partial charge is 0.252 e. The molecule has 1 N–H and O–H groups in total. The van der Waals surface area contributed by atoms with Gasteiger partial charge in [0.2, 0.25) is 10.0 Å². The Morgan fingerprint density at radius 2 is 1.48 bits per heavy atom. The molecule has 162 valence electrons. The Bertz CT molecular complexity index is 1120. The van der Waals surface area contributed by atoms with Crippen molar-refractivity contribution < 1.29 is 13.2 Å². The minimum Gasteiger partial charge on any atom is -0.346 e. The highest BCUT2D eigenvalue weighted by Gasteiger charge is 2.18. The van der Waals surface area contributed by atoms with Crippen LogP contribution in [0.2, 0.25) is 0 Å². The summed E-state index contributed by atoms with van der Waals surface area (Å²) in [6, 6.07) is 24.2. The molecule has 0 aliphatic heterocycles. The van der Waals surface area contributed by atoms with Crippen LogP contribution in [0.5, 0.6) is 0 Å². The Morgan fingerprint density at radius 1 is 0.871 bits per heavy atom. The third kappa shape index (κ3) is 5.60. The van der Waals surface area contributed by atoms with Crippen LogP contribution < -0.4 is 5.32 Å². The Balaban J connectivity index is 1.70. The second kappa shape index (κ2) is 9.90. The van der Waals surface area contributed by atoms with Gasteiger partial charge in [-0.1, -0.05) is 60.7 Å². The van der Waals surface area contributed by atoms with Gasteiger partial charge in [-0.05, 0) is 54.7 Å². The van der Waals surface area contributed by atoms with Crippen molar-refractivity contribution in [3.63, 3.8) is 0 Å². The summed E-state index contributed by atoms with van der Waals surface area (Å²) in [6.45, 7) is 1.89. The molecule has 5 nitrogen and oxygen atoms in total. The van der Waals surface area contributed by atoms with Gasteiger partial charge >= 0.3 is 0 Å². The highest BCUT2D eigenvalue weighted by Crippen LogP contribution is 2.20. The molecule has 6 heteroatoms. The van der Waals surface area contributed by atoms with Crippen LogP contribution in [0.3, 0.4) is 0 Å². The van der Waals surface area contributed by atoms with E-state index in [4.69, 9.17) is 0 Å². The fraction of sp³-hybridized carbons (Fsp3) is 0.240. The van der Waals surface area contributed by atoms with E-state index in [-0.39, 0.29) is 16.8 Å². The first-order valence-electron chi connectivity index (χ1n) is 10.2. The standard InChI is InChI=1S/C25H28N2O3S/c1-19(21-15-17-23(18-16-21)31(29,30)27(2)3)26-25(28)24-12-8-7-11-22(24)14-13-20-9-5-4-6-10-20/h4-12,15-19H,13-14H2,1-3H3,(H,26,28). The lowest BCUT2D eigenvalue weighted by Gasteiger charge is -2.17. The minimum absolute atomic E-state index is 0.138. The number of hydrogen-bond acceptors (Lipinski definition) is 3. The van der Waals surface area contributed by atoms with E-state index in [2.05, 4.69) is 17.4 Å². The molecule has 0 saturated heterocycles. The second-order valence-electron chi connectivity index (χ2n) is 7.69. The Hall–Kier alpha value is -2.96. The van der Waals surface area contributed by atoms with E-state index in [9.17, 15) is 13.2 Å². The summed E-state index contributed by atoms with van der Waals surface area (Å²) in [4.78, 5) is 13.2. The summed E-state index contributed by atoms with van der Waals surface area (Å²) in [6.07, 6.45) is 1.64. The molecule has 1 amide bonds. The number of nitrogens with one attached hydrogen (secondary N) is 1. The molecule has 0 heterocycles. The number of amides is 1. The zero-order valence-corrected chi connectivity index (χ0v) is 18.9. The van der Waals surface area contributed by atoms with Gasteiger partial charge in [0.1, 0.15) is 0 Å². The van der Waals surface area contributed by atoms with Crippen LogP contribution in [0.4, 0.5) is 0 Å². The highest BCUT2D eigenvalue weighted by molar-refractivity contribution is 7.89. The average Bonchev–Trinajstić information content (AvgIpc) is 2.78. The van der Waals surface area contributed by atoms with E-state index in [1.54, 1.807) is 24.3 Å². The lowest BCUT2D eigenvalue weighted by molar-refractivity contribution is 0.0939. The molecule has 0 aromatic heterocycles.